The highest BCUT2D eigenvalue weighted by Crippen LogP contribution is 2.27. The zero-order valence-electron chi connectivity index (χ0n) is 11.7. The van der Waals surface area contributed by atoms with Crippen LogP contribution < -0.4 is 10.5 Å². The van der Waals surface area contributed by atoms with Crippen molar-refractivity contribution < 1.29 is 9.13 Å². The summed E-state index contributed by atoms with van der Waals surface area (Å²) in [5, 5.41) is 0. The molecule has 0 unspecified atom stereocenters. The number of aryl methyl sites for hydroxylation is 2. The smallest absolute Gasteiger partial charge is 0.124 e. The lowest BCUT2D eigenvalue weighted by atomic mass is 10.1. The van der Waals surface area contributed by atoms with E-state index in [1.807, 2.05) is 26.0 Å². The van der Waals surface area contributed by atoms with Crippen LogP contribution in [0.2, 0.25) is 0 Å². The maximum absolute atomic E-state index is 13.5. The highest BCUT2D eigenvalue weighted by molar-refractivity contribution is 9.10. The predicted octanol–water partition coefficient (Wildman–Crippen LogP) is 4.42. The molecule has 2 aromatic rings. The highest BCUT2D eigenvalue weighted by Gasteiger charge is 2.06. The summed E-state index contributed by atoms with van der Waals surface area (Å²) in [4.78, 5) is 0.172. The van der Waals surface area contributed by atoms with Gasteiger partial charge in [-0.25, -0.2) is 4.39 Å². The summed E-state index contributed by atoms with van der Waals surface area (Å²) in [5.41, 5.74) is 8.91. The van der Waals surface area contributed by atoms with Crippen molar-refractivity contribution in [2.75, 3.05) is 0 Å². The van der Waals surface area contributed by atoms with Gasteiger partial charge in [0.15, 0.2) is 0 Å². The van der Waals surface area contributed by atoms with Crippen molar-refractivity contribution in [1.29, 1.82) is 0 Å². The van der Waals surface area contributed by atoms with Gasteiger partial charge < -0.3 is 10.5 Å². The summed E-state index contributed by atoms with van der Waals surface area (Å²) in [6, 6.07) is 8.35. The lowest BCUT2D eigenvalue weighted by molar-refractivity contribution is 0.305. The van der Waals surface area contributed by atoms with Crippen molar-refractivity contribution in [3.05, 3.63) is 62.9 Å². The minimum absolute atomic E-state index is 0.172. The zero-order valence-corrected chi connectivity index (χ0v) is 14.1. The van der Waals surface area contributed by atoms with Crippen LogP contribution in [0, 0.1) is 19.7 Å². The third kappa shape index (κ3) is 4.02. The largest absolute Gasteiger partial charge is 0.489 e. The molecule has 0 aliphatic heterocycles. The first-order valence-electron chi connectivity index (χ1n) is 6.35. The highest BCUT2D eigenvalue weighted by atomic mass is 79.9. The molecule has 0 fully saturated rings. The topological polar surface area (TPSA) is 35.2 Å². The average Bonchev–Trinajstić information content (AvgIpc) is 2.41. The van der Waals surface area contributed by atoms with Crippen LogP contribution in [0.5, 0.6) is 5.75 Å². The first-order valence-corrected chi connectivity index (χ1v) is 7.56. The summed E-state index contributed by atoms with van der Waals surface area (Å²) >= 11 is 8.38. The lowest BCUT2D eigenvalue weighted by Gasteiger charge is -2.11. The Morgan fingerprint density at radius 3 is 2.38 bits per heavy atom. The van der Waals surface area contributed by atoms with E-state index in [0.717, 1.165) is 21.3 Å². The van der Waals surface area contributed by atoms with Gasteiger partial charge in [0.25, 0.3) is 0 Å². The average molecular weight is 368 g/mol. The van der Waals surface area contributed by atoms with Crippen LogP contribution in [0.1, 0.15) is 22.3 Å². The van der Waals surface area contributed by atoms with E-state index >= 15 is 0 Å². The molecule has 2 nitrogen and oxygen atoms in total. The minimum atomic E-state index is -0.373. The lowest BCUT2D eigenvalue weighted by Crippen LogP contribution is -2.10. The first kappa shape index (κ1) is 15.9. The number of thiocarbonyl (C=S) groups is 1. The van der Waals surface area contributed by atoms with Gasteiger partial charge in [-0.05, 0) is 60.9 Å². The van der Waals surface area contributed by atoms with Gasteiger partial charge in [0.2, 0.25) is 0 Å². The standard InChI is InChI=1S/C16H15BrFNOS/c1-9-3-14(4-10(2)15(9)17)20-8-11-5-12(16(19)21)7-13(18)6-11/h3-7H,8H2,1-2H3,(H2,19,21). The molecule has 21 heavy (non-hydrogen) atoms. The summed E-state index contributed by atoms with van der Waals surface area (Å²) in [5.74, 6) is 0.372. The number of halogens is 2. The third-order valence-electron chi connectivity index (χ3n) is 3.06. The van der Waals surface area contributed by atoms with Crippen LogP contribution in [-0.4, -0.2) is 4.99 Å². The summed E-state index contributed by atoms with van der Waals surface area (Å²) in [6.45, 7) is 4.25. The Hall–Kier alpha value is -1.46. The Labute approximate surface area is 137 Å². The van der Waals surface area contributed by atoms with Crippen molar-refractivity contribution in [3.63, 3.8) is 0 Å². The van der Waals surface area contributed by atoms with Gasteiger partial charge in [-0.15, -0.1) is 0 Å². The molecule has 0 saturated carbocycles. The van der Waals surface area contributed by atoms with E-state index in [2.05, 4.69) is 15.9 Å². The molecule has 0 amide bonds. The van der Waals surface area contributed by atoms with Crippen molar-refractivity contribution >= 4 is 33.1 Å². The maximum atomic E-state index is 13.5. The number of benzene rings is 2. The van der Waals surface area contributed by atoms with Crippen LogP contribution in [-0.2, 0) is 6.61 Å². The van der Waals surface area contributed by atoms with Gasteiger partial charge in [-0.2, -0.15) is 0 Å². The Morgan fingerprint density at radius 1 is 1.19 bits per heavy atom. The van der Waals surface area contributed by atoms with Crippen LogP contribution in [0.3, 0.4) is 0 Å². The fraction of sp³-hybridized carbons (Fsp3) is 0.188. The van der Waals surface area contributed by atoms with Gasteiger partial charge in [0, 0.05) is 10.0 Å². The number of ether oxygens (including phenoxy) is 1. The fourth-order valence-corrected chi connectivity index (χ4v) is 2.38. The third-order valence-corrected chi connectivity index (χ3v) is 4.54. The molecule has 0 heterocycles. The molecule has 0 aromatic heterocycles. The number of nitrogens with two attached hydrogens (primary N) is 1. The van der Waals surface area contributed by atoms with E-state index < -0.39 is 0 Å². The van der Waals surface area contributed by atoms with E-state index in [1.54, 1.807) is 6.07 Å². The molecule has 5 heteroatoms. The summed E-state index contributed by atoms with van der Waals surface area (Å²) in [7, 11) is 0. The second kappa shape index (κ2) is 6.54. The molecule has 0 atom stereocenters. The van der Waals surface area contributed by atoms with Gasteiger partial charge in [0.05, 0.1) is 0 Å². The molecule has 2 aromatic carbocycles. The van der Waals surface area contributed by atoms with Gasteiger partial charge in [-0.3, -0.25) is 0 Å². The van der Waals surface area contributed by atoms with Crippen LogP contribution in [0.15, 0.2) is 34.8 Å². The molecular weight excluding hydrogens is 353 g/mol. The Bertz CT molecular complexity index is 680. The van der Waals surface area contributed by atoms with Crippen molar-refractivity contribution in [1.82, 2.24) is 0 Å². The second-order valence-electron chi connectivity index (χ2n) is 4.87. The van der Waals surface area contributed by atoms with Crippen molar-refractivity contribution in [3.8, 4) is 5.75 Å². The molecule has 0 aliphatic carbocycles. The van der Waals surface area contributed by atoms with Crippen LogP contribution >= 0.6 is 28.1 Å². The van der Waals surface area contributed by atoms with Crippen LogP contribution in [0.4, 0.5) is 4.39 Å². The number of hydrogen-bond donors (Lipinski definition) is 1. The monoisotopic (exact) mass is 367 g/mol. The van der Waals surface area contributed by atoms with Gasteiger partial charge in [-0.1, -0.05) is 28.1 Å². The molecule has 0 saturated heterocycles. The Balaban J connectivity index is 2.18. The molecule has 110 valence electrons. The number of hydrogen-bond acceptors (Lipinski definition) is 2. The van der Waals surface area contributed by atoms with Crippen molar-refractivity contribution in [2.45, 2.75) is 20.5 Å². The zero-order chi connectivity index (χ0) is 15.6. The van der Waals surface area contributed by atoms with E-state index in [4.69, 9.17) is 22.7 Å². The first-order chi connectivity index (χ1) is 9.86. The van der Waals surface area contributed by atoms with Crippen molar-refractivity contribution in [2.24, 2.45) is 5.73 Å². The molecule has 2 N–H and O–H groups in total. The van der Waals surface area contributed by atoms with Gasteiger partial charge in [0.1, 0.15) is 23.2 Å². The molecular formula is C16H15BrFNOS. The fourth-order valence-electron chi connectivity index (χ4n) is 2.03. The SMILES string of the molecule is Cc1cc(OCc2cc(F)cc(C(N)=S)c2)cc(C)c1Br. The maximum Gasteiger partial charge on any atom is 0.124 e. The predicted molar refractivity (Wildman–Crippen MR) is 90.2 cm³/mol. The molecule has 0 spiro atoms. The van der Waals surface area contributed by atoms with Crippen LogP contribution in [0.25, 0.3) is 0 Å². The molecule has 2 rings (SSSR count). The van der Waals surface area contributed by atoms with Gasteiger partial charge >= 0.3 is 0 Å². The van der Waals surface area contributed by atoms with E-state index in [0.29, 0.717) is 11.1 Å². The second-order valence-corrected chi connectivity index (χ2v) is 6.10. The summed E-state index contributed by atoms with van der Waals surface area (Å²) < 4.78 is 20.3. The quantitative estimate of drug-likeness (QED) is 0.812. The normalized spacial score (nSPS) is 10.5. The molecule has 0 bridgehead atoms. The minimum Gasteiger partial charge on any atom is -0.489 e. The van der Waals surface area contributed by atoms with E-state index in [1.165, 1.54) is 12.1 Å². The Morgan fingerprint density at radius 2 is 1.81 bits per heavy atom. The molecule has 0 aliphatic rings. The molecule has 0 radical (unpaired) electrons. The Kier molecular flexibility index (Phi) is 4.96. The number of rotatable bonds is 4. The summed E-state index contributed by atoms with van der Waals surface area (Å²) in [6.07, 6.45) is 0. The van der Waals surface area contributed by atoms with E-state index in [9.17, 15) is 4.39 Å². The van der Waals surface area contributed by atoms with E-state index in [-0.39, 0.29) is 17.4 Å².